The number of halogens is 1. The van der Waals surface area contributed by atoms with E-state index in [-0.39, 0.29) is 0 Å². The maximum absolute atomic E-state index is 6.24. The predicted octanol–water partition coefficient (Wildman–Crippen LogP) is 6.78. The third kappa shape index (κ3) is 4.23. The van der Waals surface area contributed by atoms with Crippen molar-refractivity contribution in [3.63, 3.8) is 0 Å². The molecule has 1 aliphatic rings. The zero-order chi connectivity index (χ0) is 21.0. The Morgan fingerprint density at radius 2 is 1.23 bits per heavy atom. The normalized spacial score (nSPS) is 13.3. The standard InChI is InChI=1S/C27H20ClN3/c28-24-13-7-12-23(18-24)27-19-26(22-10-5-2-6-11-22)29-31(30-27)25-16-14-21(15-17-25)20-8-3-1-4-9-20/h1-19,29H. The van der Waals surface area contributed by atoms with Crippen LogP contribution in [0.15, 0.2) is 120 Å². The van der Waals surface area contributed by atoms with Gasteiger partial charge in [0.2, 0.25) is 0 Å². The molecule has 5 rings (SSSR count). The van der Waals surface area contributed by atoms with E-state index in [1.807, 2.05) is 65.8 Å². The smallest absolute Gasteiger partial charge is 0.0950 e. The fourth-order valence-corrected chi connectivity index (χ4v) is 3.74. The summed E-state index contributed by atoms with van der Waals surface area (Å²) >= 11 is 6.24. The van der Waals surface area contributed by atoms with Gasteiger partial charge in [0.15, 0.2) is 0 Å². The molecule has 0 aliphatic carbocycles. The average Bonchev–Trinajstić information content (AvgIpc) is 2.85. The van der Waals surface area contributed by atoms with Crippen molar-refractivity contribution in [2.45, 2.75) is 0 Å². The van der Waals surface area contributed by atoms with Crippen molar-refractivity contribution in [2.75, 3.05) is 5.12 Å². The molecule has 4 heteroatoms. The van der Waals surface area contributed by atoms with Crippen LogP contribution >= 0.6 is 11.6 Å². The minimum absolute atomic E-state index is 0.687. The number of nitrogens with one attached hydrogen (secondary N) is 1. The Kier molecular flexibility index (Phi) is 5.26. The second kappa shape index (κ2) is 8.50. The first kappa shape index (κ1) is 19.2. The van der Waals surface area contributed by atoms with Crippen LogP contribution in [-0.4, -0.2) is 5.71 Å². The molecule has 0 unspecified atom stereocenters. The summed E-state index contributed by atoms with van der Waals surface area (Å²) in [6.07, 6.45) is 2.05. The molecule has 0 saturated carbocycles. The topological polar surface area (TPSA) is 27.6 Å². The van der Waals surface area contributed by atoms with Gasteiger partial charge in [0.05, 0.1) is 17.1 Å². The highest BCUT2D eigenvalue weighted by atomic mass is 35.5. The van der Waals surface area contributed by atoms with Gasteiger partial charge in [-0.05, 0) is 47.0 Å². The fraction of sp³-hybridized carbons (Fsp3) is 0. The van der Waals surface area contributed by atoms with Crippen LogP contribution < -0.4 is 10.5 Å². The lowest BCUT2D eigenvalue weighted by molar-refractivity contribution is 0.787. The minimum atomic E-state index is 0.687. The number of benzene rings is 4. The molecule has 3 nitrogen and oxygen atoms in total. The van der Waals surface area contributed by atoms with E-state index in [0.29, 0.717) is 5.02 Å². The van der Waals surface area contributed by atoms with Gasteiger partial charge in [0, 0.05) is 10.6 Å². The molecule has 1 heterocycles. The van der Waals surface area contributed by atoms with Crippen molar-refractivity contribution < 1.29 is 0 Å². The Labute approximate surface area is 186 Å². The number of allylic oxidation sites excluding steroid dienone is 1. The zero-order valence-corrected chi connectivity index (χ0v) is 17.5. The van der Waals surface area contributed by atoms with Crippen LogP contribution in [0.5, 0.6) is 0 Å². The van der Waals surface area contributed by atoms with Gasteiger partial charge in [0.25, 0.3) is 0 Å². The quantitative estimate of drug-likeness (QED) is 0.393. The Hall–Kier alpha value is -3.82. The van der Waals surface area contributed by atoms with Gasteiger partial charge in [-0.3, -0.25) is 5.43 Å². The molecular weight excluding hydrogens is 402 g/mol. The molecule has 31 heavy (non-hydrogen) atoms. The molecule has 0 bridgehead atoms. The van der Waals surface area contributed by atoms with Crippen LogP contribution in [0.4, 0.5) is 5.69 Å². The Bertz CT molecular complexity index is 1250. The molecule has 0 aromatic heterocycles. The predicted molar refractivity (Wildman–Crippen MR) is 130 cm³/mol. The summed E-state index contributed by atoms with van der Waals surface area (Å²) < 4.78 is 0. The summed E-state index contributed by atoms with van der Waals surface area (Å²) in [5.74, 6) is 0. The van der Waals surface area contributed by atoms with E-state index in [2.05, 4.69) is 60.0 Å². The molecular formula is C27H20ClN3. The molecule has 4 aromatic carbocycles. The molecule has 4 aromatic rings. The van der Waals surface area contributed by atoms with E-state index < -0.39 is 0 Å². The van der Waals surface area contributed by atoms with Crippen molar-refractivity contribution in [1.82, 2.24) is 5.43 Å². The van der Waals surface area contributed by atoms with Gasteiger partial charge in [-0.1, -0.05) is 96.5 Å². The van der Waals surface area contributed by atoms with E-state index in [1.165, 1.54) is 11.1 Å². The molecule has 0 amide bonds. The van der Waals surface area contributed by atoms with Crippen molar-refractivity contribution >= 4 is 28.7 Å². The van der Waals surface area contributed by atoms with Crippen LogP contribution in [0.2, 0.25) is 5.02 Å². The second-order valence-corrected chi connectivity index (χ2v) is 7.69. The number of anilines is 1. The molecule has 0 radical (unpaired) electrons. The highest BCUT2D eigenvalue weighted by molar-refractivity contribution is 6.31. The average molecular weight is 422 g/mol. The summed E-state index contributed by atoms with van der Waals surface area (Å²) in [6.45, 7) is 0. The SMILES string of the molecule is Clc1cccc(C2=NN(c3ccc(-c4ccccc4)cc3)NC(c3ccccc3)=C2)c1. The van der Waals surface area contributed by atoms with Gasteiger partial charge >= 0.3 is 0 Å². The van der Waals surface area contributed by atoms with Crippen molar-refractivity contribution in [1.29, 1.82) is 0 Å². The number of hydrogen-bond donors (Lipinski definition) is 1. The van der Waals surface area contributed by atoms with Crippen LogP contribution in [-0.2, 0) is 0 Å². The number of nitrogens with zero attached hydrogens (tertiary/aromatic N) is 2. The molecule has 0 atom stereocenters. The van der Waals surface area contributed by atoms with Crippen LogP contribution in [0.3, 0.4) is 0 Å². The first-order valence-electron chi connectivity index (χ1n) is 10.1. The molecule has 0 spiro atoms. The van der Waals surface area contributed by atoms with Crippen LogP contribution in [0.1, 0.15) is 11.1 Å². The van der Waals surface area contributed by atoms with Gasteiger partial charge in [-0.15, -0.1) is 0 Å². The summed E-state index contributed by atoms with van der Waals surface area (Å²) in [4.78, 5) is 0. The molecule has 0 fully saturated rings. The first-order chi connectivity index (χ1) is 15.3. The lowest BCUT2D eigenvalue weighted by Crippen LogP contribution is -2.36. The second-order valence-electron chi connectivity index (χ2n) is 7.26. The summed E-state index contributed by atoms with van der Waals surface area (Å²) in [5.41, 5.74) is 10.6. The van der Waals surface area contributed by atoms with Crippen LogP contribution in [0, 0.1) is 0 Å². The van der Waals surface area contributed by atoms with E-state index in [0.717, 1.165) is 28.2 Å². The lowest BCUT2D eigenvalue weighted by Gasteiger charge is -2.28. The lowest BCUT2D eigenvalue weighted by atomic mass is 10.0. The van der Waals surface area contributed by atoms with E-state index in [9.17, 15) is 0 Å². The number of rotatable bonds is 4. The van der Waals surface area contributed by atoms with Gasteiger partial charge in [-0.2, -0.15) is 10.2 Å². The summed E-state index contributed by atoms with van der Waals surface area (Å²) in [5, 5.41) is 7.35. The third-order valence-electron chi connectivity index (χ3n) is 5.14. The van der Waals surface area contributed by atoms with Gasteiger partial charge in [-0.25, -0.2) is 0 Å². The molecule has 1 aliphatic heterocycles. The van der Waals surface area contributed by atoms with Gasteiger partial charge in [0.1, 0.15) is 0 Å². The maximum atomic E-state index is 6.24. The number of hydrazine groups is 1. The van der Waals surface area contributed by atoms with Crippen molar-refractivity contribution in [2.24, 2.45) is 5.10 Å². The zero-order valence-electron chi connectivity index (χ0n) is 16.7. The highest BCUT2D eigenvalue weighted by Gasteiger charge is 2.17. The van der Waals surface area contributed by atoms with Crippen molar-refractivity contribution in [3.8, 4) is 11.1 Å². The van der Waals surface area contributed by atoms with Gasteiger partial charge < -0.3 is 0 Å². The molecule has 150 valence electrons. The molecule has 1 N–H and O–H groups in total. The first-order valence-corrected chi connectivity index (χ1v) is 10.5. The fourth-order valence-electron chi connectivity index (χ4n) is 3.55. The third-order valence-corrected chi connectivity index (χ3v) is 5.37. The number of hydrazone groups is 1. The Morgan fingerprint density at radius 1 is 0.613 bits per heavy atom. The van der Waals surface area contributed by atoms with E-state index >= 15 is 0 Å². The highest BCUT2D eigenvalue weighted by Crippen LogP contribution is 2.26. The van der Waals surface area contributed by atoms with E-state index in [4.69, 9.17) is 16.7 Å². The minimum Gasteiger partial charge on any atom is -0.277 e. The monoisotopic (exact) mass is 421 g/mol. The maximum Gasteiger partial charge on any atom is 0.0950 e. The largest absolute Gasteiger partial charge is 0.277 e. The Morgan fingerprint density at radius 3 is 1.90 bits per heavy atom. The Balaban J connectivity index is 1.53. The van der Waals surface area contributed by atoms with Crippen LogP contribution in [0.25, 0.3) is 16.8 Å². The van der Waals surface area contributed by atoms with Crippen molar-refractivity contribution in [3.05, 3.63) is 131 Å². The number of hydrogen-bond acceptors (Lipinski definition) is 3. The summed E-state index contributed by atoms with van der Waals surface area (Å²) in [6, 6.07) is 36.7. The molecule has 0 saturated heterocycles. The summed E-state index contributed by atoms with van der Waals surface area (Å²) in [7, 11) is 0. The van der Waals surface area contributed by atoms with E-state index in [1.54, 1.807) is 0 Å².